The number of imidazole rings is 1. The molecule has 2 unspecified atom stereocenters. The Labute approximate surface area is 165 Å². The van der Waals surface area contributed by atoms with Crippen LogP contribution in [0.4, 0.5) is 10.5 Å². The van der Waals surface area contributed by atoms with Gasteiger partial charge in [-0.25, -0.2) is 9.78 Å². The van der Waals surface area contributed by atoms with Gasteiger partial charge in [0.15, 0.2) is 5.65 Å². The van der Waals surface area contributed by atoms with Crippen LogP contribution in [0, 0.1) is 0 Å². The van der Waals surface area contributed by atoms with E-state index < -0.39 is 22.1 Å². The van der Waals surface area contributed by atoms with E-state index >= 15 is 0 Å². The summed E-state index contributed by atoms with van der Waals surface area (Å²) in [6.45, 7) is 7.46. The van der Waals surface area contributed by atoms with Gasteiger partial charge in [0.1, 0.15) is 11.3 Å². The minimum Gasteiger partial charge on any atom is -0.598 e. The summed E-state index contributed by atoms with van der Waals surface area (Å²) >= 11 is 4.95. The molecule has 8 nitrogen and oxygen atoms in total. The first-order chi connectivity index (χ1) is 12.5. The number of amides is 3. The molecule has 1 N–H and O–H groups in total. The summed E-state index contributed by atoms with van der Waals surface area (Å²) < 4.78 is 16.7. The number of carbonyl (C=O) groups excluding carboxylic acids is 2. The van der Waals surface area contributed by atoms with Crippen molar-refractivity contribution in [3.8, 4) is 0 Å². The Hall–Kier alpha value is -1.81. The molecule has 0 aromatic carbocycles. The molecule has 1 aliphatic rings. The fourth-order valence-corrected chi connectivity index (χ4v) is 3.66. The summed E-state index contributed by atoms with van der Waals surface area (Å²) in [7, 11) is 1.44. The molecule has 1 fully saturated rings. The van der Waals surface area contributed by atoms with Crippen LogP contribution in [-0.2, 0) is 16.2 Å². The van der Waals surface area contributed by atoms with Gasteiger partial charge in [-0.05, 0) is 33.8 Å². The van der Waals surface area contributed by atoms with Gasteiger partial charge >= 0.3 is 6.03 Å². The lowest BCUT2D eigenvalue weighted by atomic mass is 10.3. The first kappa shape index (κ1) is 19.9. The third-order valence-electron chi connectivity index (χ3n) is 4.28. The van der Waals surface area contributed by atoms with Crippen molar-refractivity contribution in [2.45, 2.75) is 38.5 Å². The Morgan fingerprint density at radius 1 is 1.33 bits per heavy atom. The Balaban J connectivity index is 1.98. The molecule has 3 amide bonds. The van der Waals surface area contributed by atoms with E-state index in [4.69, 9.17) is 11.6 Å². The van der Waals surface area contributed by atoms with Crippen LogP contribution in [0.25, 0.3) is 5.65 Å². The smallest absolute Gasteiger partial charge is 0.331 e. The third-order valence-corrected chi connectivity index (χ3v) is 6.16. The van der Waals surface area contributed by atoms with Gasteiger partial charge in [0, 0.05) is 30.8 Å². The molecular formula is C17H22ClN5O3S. The quantitative estimate of drug-likeness (QED) is 0.616. The van der Waals surface area contributed by atoms with Gasteiger partial charge < -0.3 is 8.95 Å². The number of pyridine rings is 1. The second-order valence-corrected chi connectivity index (χ2v) is 9.92. The zero-order valence-electron chi connectivity index (χ0n) is 15.8. The van der Waals surface area contributed by atoms with E-state index in [0.717, 1.165) is 4.90 Å². The van der Waals surface area contributed by atoms with E-state index in [0.29, 0.717) is 22.1 Å². The average Bonchev–Trinajstić information content (AvgIpc) is 3.10. The summed E-state index contributed by atoms with van der Waals surface area (Å²) in [5.41, 5.74) is 1.61. The van der Waals surface area contributed by atoms with Crippen molar-refractivity contribution >= 4 is 46.2 Å². The second kappa shape index (κ2) is 6.97. The fraction of sp³-hybridized carbons (Fsp3) is 0.471. The molecule has 0 radical (unpaired) electrons. The first-order valence-corrected chi connectivity index (χ1v) is 9.96. The van der Waals surface area contributed by atoms with Crippen LogP contribution < -0.4 is 9.62 Å². The van der Waals surface area contributed by atoms with E-state index in [-0.39, 0.29) is 18.5 Å². The predicted octanol–water partition coefficient (Wildman–Crippen LogP) is 2.50. The zero-order valence-corrected chi connectivity index (χ0v) is 17.4. The minimum absolute atomic E-state index is 0.0601. The summed E-state index contributed by atoms with van der Waals surface area (Å²) in [6, 6.07) is 0.910. The van der Waals surface area contributed by atoms with Crippen LogP contribution in [0.3, 0.4) is 0 Å². The lowest BCUT2D eigenvalue weighted by molar-refractivity contribution is -0.123. The van der Waals surface area contributed by atoms with Gasteiger partial charge in [0.25, 0.3) is 0 Å². The van der Waals surface area contributed by atoms with Crippen LogP contribution in [0.15, 0.2) is 18.5 Å². The third kappa shape index (κ3) is 3.77. The predicted molar refractivity (Wildman–Crippen MR) is 105 cm³/mol. The second-order valence-electron chi connectivity index (χ2n) is 7.48. The number of carbonyl (C=O) groups is 2. The van der Waals surface area contributed by atoms with Crippen molar-refractivity contribution in [3.63, 3.8) is 0 Å². The van der Waals surface area contributed by atoms with Crippen LogP contribution in [0.2, 0.25) is 5.02 Å². The molecule has 0 bridgehead atoms. The maximum Gasteiger partial charge on any atom is 0.331 e. The molecule has 2 aromatic rings. The zero-order chi connectivity index (χ0) is 20.1. The van der Waals surface area contributed by atoms with Gasteiger partial charge in [0.2, 0.25) is 5.91 Å². The molecule has 2 atom stereocenters. The Morgan fingerprint density at radius 2 is 2.00 bits per heavy atom. The van der Waals surface area contributed by atoms with Crippen LogP contribution >= 0.6 is 11.6 Å². The van der Waals surface area contributed by atoms with Crippen LogP contribution in [-0.4, -0.2) is 49.1 Å². The maximum atomic E-state index is 12.4. The van der Waals surface area contributed by atoms with Gasteiger partial charge in [-0.3, -0.25) is 14.6 Å². The number of urea groups is 1. The lowest BCUT2D eigenvalue weighted by Gasteiger charge is -2.25. The van der Waals surface area contributed by atoms with E-state index in [2.05, 4.69) is 9.71 Å². The number of fused-ring (bicyclic) bond motifs is 1. The Bertz CT molecular complexity index is 910. The molecular weight excluding hydrogens is 390 g/mol. The highest BCUT2D eigenvalue weighted by Gasteiger charge is 2.36. The molecule has 1 aliphatic heterocycles. The molecule has 3 heterocycles. The molecule has 0 saturated carbocycles. The van der Waals surface area contributed by atoms with Crippen LogP contribution in [0.5, 0.6) is 0 Å². The summed E-state index contributed by atoms with van der Waals surface area (Å²) in [5, 5.41) is 0.412. The standard InChI is InChI=1S/C17H22ClN5O3S/c1-10(20-27(26)17(2,3)4)12-8-22-7-11(18)6-13(15(22)19-12)23-9-14(24)21(5)16(23)25/h6-8,10,20H,9H2,1-5H3. The maximum absolute atomic E-state index is 12.4. The van der Waals surface area contributed by atoms with Crippen molar-refractivity contribution in [2.75, 3.05) is 18.5 Å². The van der Waals surface area contributed by atoms with Gasteiger partial charge in [-0.15, -0.1) is 4.72 Å². The number of nitrogens with zero attached hydrogens (tertiary/aromatic N) is 4. The highest BCUT2D eigenvalue weighted by atomic mass is 35.5. The van der Waals surface area contributed by atoms with Crippen LogP contribution in [0.1, 0.15) is 39.4 Å². The fourth-order valence-electron chi connectivity index (χ4n) is 2.66. The highest BCUT2D eigenvalue weighted by Crippen LogP contribution is 2.30. The number of likely N-dealkylation sites (N-methyl/N-ethyl adjacent to an activating group) is 1. The molecule has 10 heteroatoms. The molecule has 0 aliphatic carbocycles. The molecule has 3 rings (SSSR count). The average molecular weight is 412 g/mol. The summed E-state index contributed by atoms with van der Waals surface area (Å²) in [5.74, 6) is -0.291. The van der Waals surface area contributed by atoms with Crippen molar-refractivity contribution in [1.82, 2.24) is 19.0 Å². The van der Waals surface area contributed by atoms with E-state index in [9.17, 15) is 14.1 Å². The normalized spacial score (nSPS) is 17.9. The Kier molecular flexibility index (Phi) is 5.15. The number of imide groups is 1. The SMILES string of the molecule is CC(N[S+]([O-])C(C)(C)C)c1cn2cc(Cl)cc(N3CC(=O)N(C)C3=O)c2n1. The number of halogens is 1. The van der Waals surface area contributed by atoms with E-state index in [1.807, 2.05) is 27.7 Å². The Morgan fingerprint density at radius 3 is 2.56 bits per heavy atom. The molecule has 2 aromatic heterocycles. The number of aromatic nitrogens is 2. The molecule has 27 heavy (non-hydrogen) atoms. The number of anilines is 1. The summed E-state index contributed by atoms with van der Waals surface area (Å²) in [4.78, 5) is 31.3. The van der Waals surface area contributed by atoms with Gasteiger partial charge in [-0.1, -0.05) is 11.6 Å². The molecule has 146 valence electrons. The molecule has 1 saturated heterocycles. The van der Waals surface area contributed by atoms with Gasteiger partial charge in [0.05, 0.1) is 22.4 Å². The number of nitrogens with one attached hydrogen (secondary N) is 1. The van der Waals surface area contributed by atoms with Gasteiger partial charge in [-0.2, -0.15) is 0 Å². The van der Waals surface area contributed by atoms with E-state index in [1.165, 1.54) is 11.9 Å². The minimum atomic E-state index is -1.26. The van der Waals surface area contributed by atoms with Crippen molar-refractivity contribution in [1.29, 1.82) is 0 Å². The van der Waals surface area contributed by atoms with Crippen molar-refractivity contribution < 1.29 is 14.1 Å². The highest BCUT2D eigenvalue weighted by molar-refractivity contribution is 7.90. The summed E-state index contributed by atoms with van der Waals surface area (Å²) in [6.07, 6.45) is 3.45. The number of hydrogen-bond acceptors (Lipinski definition) is 5. The van der Waals surface area contributed by atoms with Crippen molar-refractivity contribution in [3.05, 3.63) is 29.2 Å². The largest absolute Gasteiger partial charge is 0.598 e. The molecule has 0 spiro atoms. The van der Waals surface area contributed by atoms with E-state index in [1.54, 1.807) is 22.9 Å². The first-order valence-electron chi connectivity index (χ1n) is 8.43. The lowest BCUT2D eigenvalue weighted by Crippen LogP contribution is -2.40. The topological polar surface area (TPSA) is 93.0 Å². The number of rotatable bonds is 4. The number of hydrogen-bond donors (Lipinski definition) is 1. The van der Waals surface area contributed by atoms with Crippen molar-refractivity contribution in [2.24, 2.45) is 0 Å². The monoisotopic (exact) mass is 411 g/mol.